The number of H-pyrrole nitrogens is 1. The summed E-state index contributed by atoms with van der Waals surface area (Å²) in [5, 5.41) is 20.1. The number of hydrogen-bond donors (Lipinski definition) is 3. The quantitative estimate of drug-likeness (QED) is 0.646. The minimum atomic E-state index is -0.897. The van der Waals surface area contributed by atoms with Gasteiger partial charge in [0, 0.05) is 22.7 Å². The van der Waals surface area contributed by atoms with Crippen molar-refractivity contribution >= 4 is 10.9 Å². The first kappa shape index (κ1) is 9.09. The Labute approximate surface area is 82.0 Å². The summed E-state index contributed by atoms with van der Waals surface area (Å²) in [6.45, 7) is 3.44. The lowest BCUT2D eigenvalue weighted by molar-refractivity contribution is 0.0802. The minimum Gasteiger partial charge on any atom is -0.508 e. The Balaban J connectivity index is 2.73. The van der Waals surface area contributed by atoms with Gasteiger partial charge in [-0.1, -0.05) is 0 Å². The number of nitrogens with one attached hydrogen (secondary N) is 1. The zero-order chi connectivity index (χ0) is 10.3. The average Bonchev–Trinajstić information content (AvgIpc) is 2.45. The highest BCUT2D eigenvalue weighted by Crippen LogP contribution is 2.30. The number of hydrogen-bond acceptors (Lipinski definition) is 2. The molecule has 0 saturated carbocycles. The van der Waals surface area contributed by atoms with Gasteiger partial charge < -0.3 is 15.2 Å². The van der Waals surface area contributed by atoms with Crippen LogP contribution in [0.5, 0.6) is 5.75 Å². The molecule has 0 saturated heterocycles. The van der Waals surface area contributed by atoms with Crippen LogP contribution < -0.4 is 0 Å². The lowest BCUT2D eigenvalue weighted by atomic mass is 9.98. The van der Waals surface area contributed by atoms with E-state index in [1.54, 1.807) is 38.2 Å². The second-order valence-corrected chi connectivity index (χ2v) is 3.99. The van der Waals surface area contributed by atoms with Crippen LogP contribution in [0, 0.1) is 0 Å². The van der Waals surface area contributed by atoms with E-state index in [1.807, 2.05) is 0 Å². The van der Waals surface area contributed by atoms with Gasteiger partial charge in [0.05, 0.1) is 5.60 Å². The molecule has 0 aliphatic carbocycles. The molecule has 0 unspecified atom stereocenters. The van der Waals surface area contributed by atoms with E-state index in [9.17, 15) is 10.2 Å². The van der Waals surface area contributed by atoms with Gasteiger partial charge in [0.15, 0.2) is 0 Å². The Morgan fingerprint density at radius 3 is 2.64 bits per heavy atom. The number of aromatic amines is 1. The summed E-state index contributed by atoms with van der Waals surface area (Å²) in [6.07, 6.45) is 1.77. The summed E-state index contributed by atoms with van der Waals surface area (Å²) in [7, 11) is 0. The molecule has 0 radical (unpaired) electrons. The molecule has 0 aliphatic heterocycles. The molecule has 3 heteroatoms. The summed E-state index contributed by atoms with van der Waals surface area (Å²) in [4.78, 5) is 3.05. The molecule has 0 amide bonds. The summed E-state index contributed by atoms with van der Waals surface area (Å²) in [5.74, 6) is 0.211. The Bertz CT molecular complexity index is 466. The van der Waals surface area contributed by atoms with Gasteiger partial charge in [-0.2, -0.15) is 0 Å². The Morgan fingerprint density at radius 1 is 1.29 bits per heavy atom. The molecule has 3 N–H and O–H groups in total. The molecular weight excluding hydrogens is 178 g/mol. The molecule has 0 bridgehead atoms. The third-order valence-electron chi connectivity index (χ3n) is 2.32. The van der Waals surface area contributed by atoms with Gasteiger partial charge in [0.25, 0.3) is 0 Å². The second kappa shape index (κ2) is 2.75. The maximum atomic E-state index is 9.87. The Kier molecular flexibility index (Phi) is 1.79. The van der Waals surface area contributed by atoms with Crippen molar-refractivity contribution < 1.29 is 10.2 Å². The lowest BCUT2D eigenvalue weighted by Crippen LogP contribution is -2.14. The number of aromatic nitrogens is 1. The molecule has 2 rings (SSSR count). The van der Waals surface area contributed by atoms with Gasteiger partial charge in [-0.25, -0.2) is 0 Å². The van der Waals surface area contributed by atoms with Crippen LogP contribution in [-0.4, -0.2) is 15.2 Å². The van der Waals surface area contributed by atoms with Crippen molar-refractivity contribution in [3.05, 3.63) is 30.0 Å². The van der Waals surface area contributed by atoms with E-state index in [0.717, 1.165) is 16.5 Å². The van der Waals surface area contributed by atoms with Gasteiger partial charge >= 0.3 is 0 Å². The largest absolute Gasteiger partial charge is 0.508 e. The topological polar surface area (TPSA) is 56.2 Å². The van der Waals surface area contributed by atoms with Crippen molar-refractivity contribution in [1.82, 2.24) is 4.98 Å². The monoisotopic (exact) mass is 191 g/mol. The van der Waals surface area contributed by atoms with Crippen LogP contribution in [0.1, 0.15) is 19.4 Å². The standard InChI is InChI=1S/C11H13NO2/c1-11(2,14)9-6-12-10-4-3-7(13)5-8(9)10/h3-6,12-14H,1-2H3. The zero-order valence-electron chi connectivity index (χ0n) is 8.20. The van der Waals surface area contributed by atoms with Crippen LogP contribution in [-0.2, 0) is 5.60 Å². The molecule has 3 nitrogen and oxygen atoms in total. The first-order valence-corrected chi connectivity index (χ1v) is 4.51. The number of aliphatic hydroxyl groups is 1. The molecule has 0 fully saturated rings. The zero-order valence-corrected chi connectivity index (χ0v) is 8.20. The van der Waals surface area contributed by atoms with Crippen molar-refractivity contribution in [3.8, 4) is 5.75 Å². The van der Waals surface area contributed by atoms with E-state index in [4.69, 9.17) is 0 Å². The van der Waals surface area contributed by atoms with E-state index < -0.39 is 5.60 Å². The van der Waals surface area contributed by atoms with Gasteiger partial charge in [0.2, 0.25) is 0 Å². The van der Waals surface area contributed by atoms with E-state index in [2.05, 4.69) is 4.98 Å². The third kappa shape index (κ3) is 1.36. The predicted molar refractivity (Wildman–Crippen MR) is 55.2 cm³/mol. The molecule has 1 aromatic heterocycles. The van der Waals surface area contributed by atoms with Crippen LogP contribution >= 0.6 is 0 Å². The first-order valence-electron chi connectivity index (χ1n) is 4.51. The van der Waals surface area contributed by atoms with Crippen LogP contribution in [0.4, 0.5) is 0 Å². The molecule has 0 atom stereocenters. The average molecular weight is 191 g/mol. The molecule has 1 heterocycles. The molecule has 0 aliphatic rings. The fourth-order valence-corrected chi connectivity index (χ4v) is 1.61. The van der Waals surface area contributed by atoms with Crippen LogP contribution in [0.15, 0.2) is 24.4 Å². The van der Waals surface area contributed by atoms with Gasteiger partial charge in [-0.15, -0.1) is 0 Å². The number of fused-ring (bicyclic) bond motifs is 1. The lowest BCUT2D eigenvalue weighted by Gasteiger charge is -2.16. The fraction of sp³-hybridized carbons (Fsp3) is 0.273. The highest BCUT2D eigenvalue weighted by Gasteiger charge is 2.20. The summed E-state index contributed by atoms with van der Waals surface area (Å²) in [6, 6.07) is 5.06. The Morgan fingerprint density at radius 2 is 2.00 bits per heavy atom. The molecule has 2 aromatic rings. The molecule has 0 spiro atoms. The van der Waals surface area contributed by atoms with Gasteiger partial charge in [0.1, 0.15) is 5.75 Å². The van der Waals surface area contributed by atoms with Crippen molar-refractivity contribution in [2.75, 3.05) is 0 Å². The van der Waals surface area contributed by atoms with E-state index in [1.165, 1.54) is 0 Å². The van der Waals surface area contributed by atoms with E-state index in [-0.39, 0.29) is 5.75 Å². The highest BCUT2D eigenvalue weighted by molar-refractivity contribution is 5.85. The maximum absolute atomic E-state index is 9.87. The summed E-state index contributed by atoms with van der Waals surface area (Å²) < 4.78 is 0. The van der Waals surface area contributed by atoms with E-state index >= 15 is 0 Å². The smallest absolute Gasteiger partial charge is 0.116 e. The number of phenols is 1. The fourth-order valence-electron chi connectivity index (χ4n) is 1.61. The van der Waals surface area contributed by atoms with Crippen LogP contribution in [0.3, 0.4) is 0 Å². The SMILES string of the molecule is CC(C)(O)c1c[nH]c2ccc(O)cc12. The first-order chi connectivity index (χ1) is 6.48. The van der Waals surface area contributed by atoms with Gasteiger partial charge in [-0.3, -0.25) is 0 Å². The summed E-state index contributed by atoms with van der Waals surface area (Å²) >= 11 is 0. The van der Waals surface area contributed by atoms with Crippen molar-refractivity contribution in [2.24, 2.45) is 0 Å². The normalized spacial score (nSPS) is 12.2. The Hall–Kier alpha value is -1.48. The van der Waals surface area contributed by atoms with Crippen molar-refractivity contribution in [1.29, 1.82) is 0 Å². The highest BCUT2D eigenvalue weighted by atomic mass is 16.3. The van der Waals surface area contributed by atoms with Crippen LogP contribution in [0.25, 0.3) is 10.9 Å². The third-order valence-corrected chi connectivity index (χ3v) is 2.32. The number of benzene rings is 1. The number of aromatic hydroxyl groups is 1. The minimum absolute atomic E-state index is 0.211. The number of rotatable bonds is 1. The predicted octanol–water partition coefficient (Wildman–Crippen LogP) is 2.10. The van der Waals surface area contributed by atoms with Crippen molar-refractivity contribution in [3.63, 3.8) is 0 Å². The van der Waals surface area contributed by atoms with Gasteiger partial charge in [-0.05, 0) is 32.0 Å². The number of phenolic OH excluding ortho intramolecular Hbond substituents is 1. The summed E-state index contributed by atoms with van der Waals surface area (Å²) in [5.41, 5.74) is 0.815. The van der Waals surface area contributed by atoms with Crippen LogP contribution in [0.2, 0.25) is 0 Å². The molecule has 74 valence electrons. The maximum Gasteiger partial charge on any atom is 0.116 e. The van der Waals surface area contributed by atoms with E-state index in [0.29, 0.717) is 0 Å². The molecule has 14 heavy (non-hydrogen) atoms. The molecular formula is C11H13NO2. The van der Waals surface area contributed by atoms with Crippen molar-refractivity contribution in [2.45, 2.75) is 19.4 Å². The second-order valence-electron chi connectivity index (χ2n) is 3.99. The molecule has 1 aromatic carbocycles.